The minimum atomic E-state index is -4.17. The summed E-state index contributed by atoms with van der Waals surface area (Å²) in [7, 11) is -4.17. The van der Waals surface area contributed by atoms with Gasteiger partial charge < -0.3 is 5.11 Å². The van der Waals surface area contributed by atoms with E-state index >= 15 is 0 Å². The van der Waals surface area contributed by atoms with Crippen molar-refractivity contribution in [1.29, 1.82) is 0 Å². The van der Waals surface area contributed by atoms with Gasteiger partial charge in [0.1, 0.15) is 5.69 Å². The van der Waals surface area contributed by atoms with Gasteiger partial charge in [-0.05, 0) is 12.1 Å². The van der Waals surface area contributed by atoms with Crippen LogP contribution in [0.1, 0.15) is 0 Å². The number of sulfonamides is 1. The van der Waals surface area contributed by atoms with Gasteiger partial charge in [-0.25, -0.2) is 8.42 Å². The Balaban J connectivity index is 3.12. The molecule has 18 heavy (non-hydrogen) atoms. The van der Waals surface area contributed by atoms with Crippen LogP contribution in [0.5, 0.6) is 0 Å². The van der Waals surface area contributed by atoms with Crippen molar-refractivity contribution in [3.8, 4) is 0 Å². The van der Waals surface area contributed by atoms with E-state index in [1.165, 1.54) is 12.1 Å². The maximum absolute atomic E-state index is 11.3. The van der Waals surface area contributed by atoms with Crippen molar-refractivity contribution in [3.63, 3.8) is 0 Å². The number of nitro groups is 1. The minimum Gasteiger partial charge on any atom is -0.480 e. The number of aliphatic carboxylic acids is 1. The van der Waals surface area contributed by atoms with Crippen LogP contribution < -0.4 is 4.72 Å². The molecule has 0 aliphatic carbocycles. The van der Waals surface area contributed by atoms with Crippen molar-refractivity contribution in [2.75, 3.05) is 10.5 Å². The Morgan fingerprint density at radius 1 is 1.50 bits per heavy atom. The molecule has 0 fully saturated rings. The third-order valence-electron chi connectivity index (χ3n) is 1.74. The van der Waals surface area contributed by atoms with E-state index in [4.69, 9.17) is 5.11 Å². The van der Waals surface area contributed by atoms with Gasteiger partial charge >= 0.3 is 5.97 Å². The number of hydrogen-bond donors (Lipinski definition) is 2. The Morgan fingerprint density at radius 3 is 2.61 bits per heavy atom. The molecule has 0 bridgehead atoms. The summed E-state index contributed by atoms with van der Waals surface area (Å²) in [5.41, 5.74) is -0.761. The van der Waals surface area contributed by atoms with Crippen LogP contribution in [0.15, 0.2) is 22.7 Å². The van der Waals surface area contributed by atoms with E-state index in [1.54, 1.807) is 0 Å². The molecule has 0 spiro atoms. The predicted molar refractivity (Wildman–Crippen MR) is 65.8 cm³/mol. The van der Waals surface area contributed by atoms with Gasteiger partial charge in [-0.15, -0.1) is 0 Å². The highest BCUT2D eigenvalue weighted by atomic mass is 79.9. The summed E-state index contributed by atoms with van der Waals surface area (Å²) >= 11 is 3.01. The Kier molecular flexibility index (Phi) is 4.24. The average molecular weight is 339 g/mol. The minimum absolute atomic E-state index is 0.288. The summed E-state index contributed by atoms with van der Waals surface area (Å²) in [6.45, 7) is 0. The first kappa shape index (κ1) is 14.4. The van der Waals surface area contributed by atoms with Crippen molar-refractivity contribution in [2.24, 2.45) is 0 Å². The Labute approximate surface area is 110 Å². The van der Waals surface area contributed by atoms with Crippen LogP contribution in [0.4, 0.5) is 11.4 Å². The molecule has 2 N–H and O–H groups in total. The summed E-state index contributed by atoms with van der Waals surface area (Å²) in [5.74, 6) is -2.72. The number of nitro benzene ring substituents is 1. The maximum Gasteiger partial charge on any atom is 0.320 e. The third-order valence-corrected chi connectivity index (χ3v) is 3.39. The number of halogens is 1. The lowest BCUT2D eigenvalue weighted by atomic mass is 10.3. The fourth-order valence-corrected chi connectivity index (χ4v) is 2.36. The topological polar surface area (TPSA) is 127 Å². The zero-order chi connectivity index (χ0) is 13.9. The molecule has 0 aliphatic rings. The molecule has 1 aromatic carbocycles. The van der Waals surface area contributed by atoms with Gasteiger partial charge in [0.25, 0.3) is 5.69 Å². The van der Waals surface area contributed by atoms with Gasteiger partial charge in [0.2, 0.25) is 10.0 Å². The van der Waals surface area contributed by atoms with Crippen LogP contribution in [0.3, 0.4) is 0 Å². The molecule has 0 saturated carbocycles. The third kappa shape index (κ3) is 3.96. The molecule has 0 aromatic heterocycles. The molecular weight excluding hydrogens is 332 g/mol. The predicted octanol–water partition coefficient (Wildman–Crippen LogP) is 1.18. The highest BCUT2D eigenvalue weighted by Gasteiger charge is 2.21. The van der Waals surface area contributed by atoms with Crippen LogP contribution in [0, 0.1) is 10.1 Å². The number of hydrogen-bond acceptors (Lipinski definition) is 5. The fourth-order valence-electron chi connectivity index (χ4n) is 1.11. The molecule has 1 rings (SSSR count). The lowest BCUT2D eigenvalue weighted by molar-refractivity contribution is -0.384. The molecule has 1 aromatic rings. The summed E-state index contributed by atoms with van der Waals surface area (Å²) in [4.78, 5) is 20.3. The normalized spacial score (nSPS) is 10.9. The van der Waals surface area contributed by atoms with E-state index in [-0.39, 0.29) is 5.69 Å². The summed E-state index contributed by atoms with van der Waals surface area (Å²) < 4.78 is 24.9. The van der Waals surface area contributed by atoms with Crippen LogP contribution in [0.2, 0.25) is 0 Å². The molecule has 8 nitrogen and oxygen atoms in total. The lowest BCUT2D eigenvalue weighted by Crippen LogP contribution is -2.22. The smallest absolute Gasteiger partial charge is 0.320 e. The van der Waals surface area contributed by atoms with E-state index in [1.807, 2.05) is 4.72 Å². The van der Waals surface area contributed by atoms with E-state index in [9.17, 15) is 23.3 Å². The molecule has 0 radical (unpaired) electrons. The zero-order valence-corrected chi connectivity index (χ0v) is 11.1. The van der Waals surface area contributed by atoms with E-state index in [0.29, 0.717) is 4.47 Å². The Morgan fingerprint density at radius 2 is 2.11 bits per heavy atom. The molecule has 0 amide bonds. The Bertz CT molecular complexity index is 600. The van der Waals surface area contributed by atoms with Gasteiger partial charge in [-0.1, -0.05) is 15.9 Å². The number of rotatable bonds is 5. The van der Waals surface area contributed by atoms with Crippen LogP contribution in [-0.4, -0.2) is 30.2 Å². The Hall–Kier alpha value is -1.68. The van der Waals surface area contributed by atoms with Crippen molar-refractivity contribution in [3.05, 3.63) is 32.8 Å². The zero-order valence-electron chi connectivity index (χ0n) is 8.66. The van der Waals surface area contributed by atoms with Gasteiger partial charge in [0, 0.05) is 10.5 Å². The van der Waals surface area contributed by atoms with E-state index in [2.05, 4.69) is 15.9 Å². The second-order valence-electron chi connectivity index (χ2n) is 3.17. The number of carboxylic acids is 1. The molecule has 0 heterocycles. The summed E-state index contributed by atoms with van der Waals surface area (Å²) in [6, 6.07) is 3.67. The monoisotopic (exact) mass is 338 g/mol. The molecule has 0 saturated heterocycles. The summed E-state index contributed by atoms with van der Waals surface area (Å²) in [5, 5.41) is 19.1. The second-order valence-corrected chi connectivity index (χ2v) is 5.81. The fraction of sp³-hybridized carbons (Fsp3) is 0.125. The maximum atomic E-state index is 11.3. The van der Waals surface area contributed by atoms with Gasteiger partial charge in [0.05, 0.1) is 4.92 Å². The van der Waals surface area contributed by atoms with Crippen molar-refractivity contribution in [2.45, 2.75) is 0 Å². The molecule has 10 heteroatoms. The van der Waals surface area contributed by atoms with Gasteiger partial charge in [-0.3, -0.25) is 19.6 Å². The van der Waals surface area contributed by atoms with E-state index in [0.717, 1.165) is 6.07 Å². The number of carboxylic acid groups (broad SMARTS) is 1. The number of benzene rings is 1. The van der Waals surface area contributed by atoms with Gasteiger partial charge in [0.15, 0.2) is 5.75 Å². The second kappa shape index (κ2) is 5.31. The van der Waals surface area contributed by atoms with Crippen molar-refractivity contribution in [1.82, 2.24) is 0 Å². The highest BCUT2D eigenvalue weighted by molar-refractivity contribution is 9.10. The number of nitrogens with zero attached hydrogens (tertiary/aromatic N) is 1. The molecule has 0 aliphatic heterocycles. The largest absolute Gasteiger partial charge is 0.480 e. The molecule has 0 unspecified atom stereocenters. The van der Waals surface area contributed by atoms with E-state index < -0.39 is 32.4 Å². The quantitative estimate of drug-likeness (QED) is 0.613. The molecular formula is C8H7BrN2O6S. The first-order chi connectivity index (χ1) is 8.21. The number of nitrogens with one attached hydrogen (secondary N) is 1. The summed E-state index contributed by atoms with van der Waals surface area (Å²) in [6.07, 6.45) is 0. The molecule has 98 valence electrons. The lowest BCUT2D eigenvalue weighted by Gasteiger charge is -2.06. The molecule has 0 atom stereocenters. The SMILES string of the molecule is O=C(O)CS(=O)(=O)Nc1ccc(Br)cc1[N+](=O)[O-]. The number of anilines is 1. The first-order valence-electron chi connectivity index (χ1n) is 4.37. The van der Waals surface area contributed by atoms with Crippen LogP contribution in [0.25, 0.3) is 0 Å². The average Bonchev–Trinajstić information content (AvgIpc) is 2.18. The number of carbonyl (C=O) groups is 1. The van der Waals surface area contributed by atoms with Crippen molar-refractivity contribution >= 4 is 43.3 Å². The van der Waals surface area contributed by atoms with Crippen LogP contribution in [-0.2, 0) is 14.8 Å². The van der Waals surface area contributed by atoms with Crippen molar-refractivity contribution < 1.29 is 23.2 Å². The highest BCUT2D eigenvalue weighted by Crippen LogP contribution is 2.28. The first-order valence-corrected chi connectivity index (χ1v) is 6.82. The standard InChI is InChI=1S/C8H7BrN2O6S/c9-5-1-2-6(7(3-5)11(14)15)10-18(16,17)4-8(12)13/h1-3,10H,4H2,(H,12,13). The van der Waals surface area contributed by atoms with Gasteiger partial charge in [-0.2, -0.15) is 0 Å². The van der Waals surface area contributed by atoms with Crippen LogP contribution >= 0.6 is 15.9 Å².